The van der Waals surface area contributed by atoms with Crippen molar-refractivity contribution in [2.75, 3.05) is 24.9 Å². The molecule has 2 aromatic heterocycles. The Balaban J connectivity index is 1.43. The summed E-state index contributed by atoms with van der Waals surface area (Å²) in [5, 5.41) is 5.91. The molecule has 2 N–H and O–H groups in total. The molecule has 4 rings (SSSR count). The number of benzene rings is 2. The number of halogens is 2. The van der Waals surface area contributed by atoms with Gasteiger partial charge in [0.25, 0.3) is 0 Å². The highest BCUT2D eigenvalue weighted by molar-refractivity contribution is 6.32. The number of methoxy groups -OCH3 is 2. The van der Waals surface area contributed by atoms with Crippen LogP contribution in [0.3, 0.4) is 0 Å². The summed E-state index contributed by atoms with van der Waals surface area (Å²) in [5.41, 5.74) is 1.72. The number of carbonyl (C=O) groups excluding carboxylic acids is 2. The SMILES string of the molecule is COc1cc2nccc(Oc3ncc(NC(=O)CC(=O)Nc4cccc(CF)c4)cc3Cl)c2cc1OC. The normalized spacial score (nSPS) is 10.6. The Morgan fingerprint density at radius 1 is 0.919 bits per heavy atom. The Kier molecular flexibility index (Phi) is 7.99. The summed E-state index contributed by atoms with van der Waals surface area (Å²) in [5.74, 6) is 0.441. The van der Waals surface area contributed by atoms with E-state index in [1.165, 1.54) is 32.5 Å². The summed E-state index contributed by atoms with van der Waals surface area (Å²) >= 11 is 6.35. The lowest BCUT2D eigenvalue weighted by atomic mass is 10.2. The van der Waals surface area contributed by atoms with Gasteiger partial charge in [-0.2, -0.15) is 0 Å². The molecule has 0 atom stereocenters. The first kappa shape index (κ1) is 25.6. The van der Waals surface area contributed by atoms with Gasteiger partial charge in [-0.05, 0) is 35.9 Å². The standard InChI is InChI=1S/C26H22ClFN4O5/c1-35-22-10-18-20(11-23(22)36-2)29-7-6-21(18)37-26-19(27)9-17(14-30-26)32-25(34)12-24(33)31-16-5-3-4-15(8-16)13-28/h3-11,14H,12-13H2,1-2H3,(H,31,33)(H,32,34). The van der Waals surface area contributed by atoms with E-state index in [-0.39, 0.29) is 16.6 Å². The lowest BCUT2D eigenvalue weighted by Crippen LogP contribution is -2.21. The summed E-state index contributed by atoms with van der Waals surface area (Å²) in [6.07, 6.45) is 2.48. The van der Waals surface area contributed by atoms with Crippen LogP contribution < -0.4 is 24.8 Å². The molecule has 2 aromatic carbocycles. The predicted molar refractivity (Wildman–Crippen MR) is 137 cm³/mol. The number of aromatic nitrogens is 2. The highest BCUT2D eigenvalue weighted by atomic mass is 35.5. The number of hydrogen-bond acceptors (Lipinski definition) is 7. The van der Waals surface area contributed by atoms with Crippen molar-refractivity contribution in [2.24, 2.45) is 0 Å². The second kappa shape index (κ2) is 11.5. The molecule has 0 aliphatic heterocycles. The van der Waals surface area contributed by atoms with Gasteiger partial charge in [0, 0.05) is 23.3 Å². The highest BCUT2D eigenvalue weighted by Gasteiger charge is 2.15. The van der Waals surface area contributed by atoms with Gasteiger partial charge in [-0.1, -0.05) is 23.7 Å². The molecule has 0 aliphatic rings. The van der Waals surface area contributed by atoms with Gasteiger partial charge in [-0.25, -0.2) is 9.37 Å². The van der Waals surface area contributed by atoms with E-state index in [0.717, 1.165) is 0 Å². The molecule has 2 heterocycles. The Bertz CT molecular complexity index is 1470. The first-order valence-corrected chi connectivity index (χ1v) is 11.4. The van der Waals surface area contributed by atoms with E-state index in [4.69, 9.17) is 25.8 Å². The fourth-order valence-corrected chi connectivity index (χ4v) is 3.70. The number of rotatable bonds is 9. The van der Waals surface area contributed by atoms with Crippen LogP contribution in [0.2, 0.25) is 5.02 Å². The number of hydrogen-bond donors (Lipinski definition) is 2. The van der Waals surface area contributed by atoms with Gasteiger partial charge >= 0.3 is 0 Å². The second-order valence-corrected chi connectivity index (χ2v) is 8.16. The maximum absolute atomic E-state index is 12.8. The smallest absolute Gasteiger partial charge is 0.238 e. The topological polar surface area (TPSA) is 112 Å². The molecule has 0 radical (unpaired) electrons. The minimum atomic E-state index is -0.655. The van der Waals surface area contributed by atoms with Crippen molar-refractivity contribution in [3.05, 3.63) is 71.5 Å². The number of alkyl halides is 1. The van der Waals surface area contributed by atoms with E-state index in [1.807, 2.05) is 0 Å². The van der Waals surface area contributed by atoms with Crippen LogP contribution in [0.1, 0.15) is 12.0 Å². The Labute approximate surface area is 216 Å². The van der Waals surface area contributed by atoms with Crippen LogP contribution in [0.15, 0.2) is 60.9 Å². The van der Waals surface area contributed by atoms with Gasteiger partial charge < -0.3 is 24.8 Å². The Hall–Kier alpha value is -4.44. The third-order valence-corrected chi connectivity index (χ3v) is 5.46. The van der Waals surface area contributed by atoms with Crippen molar-refractivity contribution >= 4 is 45.7 Å². The van der Waals surface area contributed by atoms with Crippen LogP contribution in [0.25, 0.3) is 10.9 Å². The van der Waals surface area contributed by atoms with Crippen molar-refractivity contribution in [3.63, 3.8) is 0 Å². The van der Waals surface area contributed by atoms with E-state index in [9.17, 15) is 14.0 Å². The zero-order valence-electron chi connectivity index (χ0n) is 19.9. The molecule has 0 fully saturated rings. The first-order valence-electron chi connectivity index (χ1n) is 11.0. The van der Waals surface area contributed by atoms with E-state index >= 15 is 0 Å². The number of nitrogens with one attached hydrogen (secondary N) is 2. The number of fused-ring (bicyclic) bond motifs is 1. The van der Waals surface area contributed by atoms with E-state index in [1.54, 1.807) is 42.6 Å². The number of carbonyl (C=O) groups is 2. The summed E-state index contributed by atoms with van der Waals surface area (Å²) < 4.78 is 29.4. The molecule has 0 saturated carbocycles. The second-order valence-electron chi connectivity index (χ2n) is 7.75. The number of amides is 2. The van der Waals surface area contributed by atoms with E-state index in [0.29, 0.717) is 39.4 Å². The maximum Gasteiger partial charge on any atom is 0.238 e. The van der Waals surface area contributed by atoms with Crippen LogP contribution >= 0.6 is 11.6 Å². The van der Waals surface area contributed by atoms with Crippen molar-refractivity contribution in [2.45, 2.75) is 13.1 Å². The third-order valence-electron chi connectivity index (χ3n) is 5.19. The third kappa shape index (κ3) is 6.22. The molecule has 9 nitrogen and oxygen atoms in total. The molecule has 190 valence electrons. The highest BCUT2D eigenvalue weighted by Crippen LogP contribution is 2.38. The largest absolute Gasteiger partial charge is 0.493 e. The summed E-state index contributed by atoms with van der Waals surface area (Å²) in [6.45, 7) is -0.655. The van der Waals surface area contributed by atoms with Gasteiger partial charge in [0.1, 0.15) is 23.9 Å². The number of ether oxygens (including phenoxy) is 3. The zero-order valence-corrected chi connectivity index (χ0v) is 20.6. The van der Waals surface area contributed by atoms with Crippen LogP contribution in [0.4, 0.5) is 15.8 Å². The van der Waals surface area contributed by atoms with Gasteiger partial charge in [0.05, 0.1) is 31.6 Å². The maximum atomic E-state index is 12.8. The van der Waals surface area contributed by atoms with Crippen LogP contribution in [-0.2, 0) is 16.3 Å². The fourth-order valence-electron chi connectivity index (χ4n) is 3.50. The average molecular weight is 525 g/mol. The molecule has 11 heteroatoms. The molecule has 0 saturated heterocycles. The van der Waals surface area contributed by atoms with Crippen molar-refractivity contribution in [1.29, 1.82) is 0 Å². The van der Waals surface area contributed by atoms with Gasteiger partial charge in [-0.3, -0.25) is 14.6 Å². The summed E-state index contributed by atoms with van der Waals surface area (Å²) in [4.78, 5) is 33.0. The number of anilines is 2. The Morgan fingerprint density at radius 3 is 2.35 bits per heavy atom. The lowest BCUT2D eigenvalue weighted by molar-refractivity contribution is -0.123. The first-order chi connectivity index (χ1) is 17.9. The molecule has 0 unspecified atom stereocenters. The van der Waals surface area contributed by atoms with Gasteiger partial charge in [-0.15, -0.1) is 0 Å². The molecule has 2 amide bonds. The fraction of sp³-hybridized carbons (Fsp3) is 0.154. The molecular weight excluding hydrogens is 503 g/mol. The van der Waals surface area contributed by atoms with E-state index < -0.39 is 24.9 Å². The minimum absolute atomic E-state index is 0.104. The Morgan fingerprint density at radius 2 is 1.65 bits per heavy atom. The van der Waals surface area contributed by atoms with Crippen LogP contribution in [0, 0.1) is 0 Å². The molecule has 0 aliphatic carbocycles. The van der Waals surface area contributed by atoms with Crippen molar-refractivity contribution in [3.8, 4) is 23.1 Å². The summed E-state index contributed by atoms with van der Waals surface area (Å²) in [6, 6.07) is 12.9. The average Bonchev–Trinajstić information content (AvgIpc) is 2.89. The molecule has 4 aromatic rings. The molecule has 0 spiro atoms. The predicted octanol–water partition coefficient (Wildman–Crippen LogP) is 5.53. The number of nitrogens with zero attached hydrogens (tertiary/aromatic N) is 2. The van der Waals surface area contributed by atoms with Crippen molar-refractivity contribution in [1.82, 2.24) is 9.97 Å². The summed E-state index contributed by atoms with van der Waals surface area (Å²) in [7, 11) is 3.06. The monoisotopic (exact) mass is 524 g/mol. The minimum Gasteiger partial charge on any atom is -0.493 e. The molecule has 37 heavy (non-hydrogen) atoms. The van der Waals surface area contributed by atoms with Gasteiger partial charge in [0.15, 0.2) is 11.5 Å². The quantitative estimate of drug-likeness (QED) is 0.277. The van der Waals surface area contributed by atoms with Crippen molar-refractivity contribution < 1.29 is 28.2 Å². The zero-order chi connectivity index (χ0) is 26.4. The number of pyridine rings is 2. The van der Waals surface area contributed by atoms with Crippen LogP contribution in [-0.4, -0.2) is 36.0 Å². The van der Waals surface area contributed by atoms with E-state index in [2.05, 4.69) is 20.6 Å². The lowest BCUT2D eigenvalue weighted by Gasteiger charge is -2.13. The molecular formula is C26H22ClFN4O5. The van der Waals surface area contributed by atoms with Crippen LogP contribution in [0.5, 0.6) is 23.1 Å². The van der Waals surface area contributed by atoms with Gasteiger partial charge in [0.2, 0.25) is 17.7 Å². The molecule has 0 bridgehead atoms.